The van der Waals surface area contributed by atoms with E-state index in [0.29, 0.717) is 6.54 Å². The van der Waals surface area contributed by atoms with Crippen molar-refractivity contribution < 1.29 is 18.3 Å². The normalized spacial score (nSPS) is 13.4. The third-order valence-electron chi connectivity index (χ3n) is 1.78. The van der Waals surface area contributed by atoms with Gasteiger partial charge < -0.3 is 14.8 Å². The smallest absolute Gasteiger partial charge is 0.261 e. The van der Waals surface area contributed by atoms with Gasteiger partial charge in [-0.15, -0.1) is 0 Å². The lowest BCUT2D eigenvalue weighted by Crippen LogP contribution is -2.29. The fourth-order valence-corrected chi connectivity index (χ4v) is 1.04. The Balaban J connectivity index is 3.13. The second-order valence-electron chi connectivity index (χ2n) is 3.29. The molecule has 5 heteroatoms. The summed E-state index contributed by atoms with van der Waals surface area (Å²) in [6.07, 6.45) is -1.63. The van der Waals surface area contributed by atoms with Crippen LogP contribution in [-0.4, -0.2) is 45.4 Å². The number of ether oxygens (including phenoxy) is 2. The van der Waals surface area contributed by atoms with E-state index in [-0.39, 0.29) is 6.10 Å². The van der Waals surface area contributed by atoms with Gasteiger partial charge in [0.2, 0.25) is 0 Å². The lowest BCUT2D eigenvalue weighted by Gasteiger charge is -2.13. The summed E-state index contributed by atoms with van der Waals surface area (Å²) in [6.45, 7) is 6.12. The summed E-state index contributed by atoms with van der Waals surface area (Å²) >= 11 is 0. The van der Waals surface area contributed by atoms with Crippen LogP contribution in [0.1, 0.15) is 20.3 Å². The first-order chi connectivity index (χ1) is 7.16. The van der Waals surface area contributed by atoms with Crippen molar-refractivity contribution in [1.82, 2.24) is 5.32 Å². The van der Waals surface area contributed by atoms with Crippen molar-refractivity contribution in [2.75, 3.05) is 32.9 Å². The van der Waals surface area contributed by atoms with E-state index in [2.05, 4.69) is 5.32 Å². The second kappa shape index (κ2) is 10.3. The molecule has 0 saturated carbocycles. The van der Waals surface area contributed by atoms with Crippen LogP contribution >= 0.6 is 0 Å². The van der Waals surface area contributed by atoms with Gasteiger partial charge in [-0.1, -0.05) is 0 Å². The summed E-state index contributed by atoms with van der Waals surface area (Å²) in [5.41, 5.74) is 0. The maximum Gasteiger partial charge on any atom is 0.261 e. The Labute approximate surface area is 90.1 Å². The molecule has 1 N–H and O–H groups in total. The topological polar surface area (TPSA) is 30.5 Å². The van der Waals surface area contributed by atoms with E-state index < -0.39 is 13.0 Å². The number of alkyl halides is 2. The van der Waals surface area contributed by atoms with Gasteiger partial charge in [0.25, 0.3) is 6.43 Å². The minimum atomic E-state index is -2.38. The Morgan fingerprint density at radius 3 is 2.67 bits per heavy atom. The monoisotopic (exact) mass is 225 g/mol. The highest BCUT2D eigenvalue weighted by Crippen LogP contribution is 1.96. The van der Waals surface area contributed by atoms with Gasteiger partial charge in [0, 0.05) is 19.8 Å². The second-order valence-corrected chi connectivity index (χ2v) is 3.29. The first-order valence-corrected chi connectivity index (χ1v) is 5.35. The SMILES string of the molecule is CCOCCCNCC(C)OCC(F)F. The summed E-state index contributed by atoms with van der Waals surface area (Å²) < 4.78 is 33.6. The Hall–Kier alpha value is -0.260. The van der Waals surface area contributed by atoms with Crippen LogP contribution in [0.5, 0.6) is 0 Å². The summed E-state index contributed by atoms with van der Waals surface area (Å²) in [5, 5.41) is 3.12. The Kier molecular flexibility index (Phi) is 10.1. The molecule has 92 valence electrons. The minimum Gasteiger partial charge on any atom is -0.382 e. The standard InChI is InChI=1S/C10H21F2NO2/c1-3-14-6-4-5-13-7-9(2)15-8-10(11)12/h9-10,13H,3-8H2,1-2H3. The van der Waals surface area contributed by atoms with Crippen LogP contribution in [0.3, 0.4) is 0 Å². The Morgan fingerprint density at radius 2 is 2.07 bits per heavy atom. The van der Waals surface area contributed by atoms with E-state index in [1.165, 1.54) is 0 Å². The molecule has 0 aromatic heterocycles. The van der Waals surface area contributed by atoms with E-state index in [9.17, 15) is 8.78 Å². The number of halogens is 2. The van der Waals surface area contributed by atoms with Crippen molar-refractivity contribution in [2.24, 2.45) is 0 Å². The van der Waals surface area contributed by atoms with Crippen molar-refractivity contribution in [3.63, 3.8) is 0 Å². The van der Waals surface area contributed by atoms with Crippen LogP contribution in [0.15, 0.2) is 0 Å². The maximum absolute atomic E-state index is 11.8. The zero-order valence-electron chi connectivity index (χ0n) is 9.47. The largest absolute Gasteiger partial charge is 0.382 e. The van der Waals surface area contributed by atoms with Gasteiger partial charge >= 0.3 is 0 Å². The molecule has 0 rings (SSSR count). The molecule has 0 aliphatic rings. The molecule has 0 aromatic rings. The average Bonchev–Trinajstić information content (AvgIpc) is 2.20. The van der Waals surface area contributed by atoms with E-state index in [1.54, 1.807) is 6.92 Å². The average molecular weight is 225 g/mol. The van der Waals surface area contributed by atoms with Gasteiger partial charge in [0.15, 0.2) is 0 Å². The molecule has 0 aliphatic carbocycles. The van der Waals surface area contributed by atoms with E-state index in [1.807, 2.05) is 6.92 Å². The molecule has 0 spiro atoms. The van der Waals surface area contributed by atoms with Crippen LogP contribution in [0.25, 0.3) is 0 Å². The quantitative estimate of drug-likeness (QED) is 0.574. The molecule has 0 aliphatic heterocycles. The number of hydrogen-bond acceptors (Lipinski definition) is 3. The van der Waals surface area contributed by atoms with Crippen LogP contribution < -0.4 is 5.32 Å². The lowest BCUT2D eigenvalue weighted by molar-refractivity contribution is -0.0164. The highest BCUT2D eigenvalue weighted by Gasteiger charge is 2.06. The van der Waals surface area contributed by atoms with E-state index >= 15 is 0 Å². The number of rotatable bonds is 10. The predicted octanol–water partition coefficient (Wildman–Crippen LogP) is 1.67. The van der Waals surface area contributed by atoms with Crippen LogP contribution in [0, 0.1) is 0 Å². The molecule has 1 atom stereocenters. The zero-order chi connectivity index (χ0) is 11.5. The van der Waals surface area contributed by atoms with Crippen molar-refractivity contribution in [3.05, 3.63) is 0 Å². The van der Waals surface area contributed by atoms with Crippen molar-refractivity contribution in [1.29, 1.82) is 0 Å². The Bertz CT molecular complexity index is 137. The Morgan fingerprint density at radius 1 is 1.33 bits per heavy atom. The molecule has 0 bridgehead atoms. The van der Waals surface area contributed by atoms with E-state index in [4.69, 9.17) is 9.47 Å². The highest BCUT2D eigenvalue weighted by molar-refractivity contribution is 4.55. The molecule has 0 heterocycles. The van der Waals surface area contributed by atoms with Crippen LogP contribution in [-0.2, 0) is 9.47 Å². The summed E-state index contributed by atoms with van der Waals surface area (Å²) in [6, 6.07) is 0. The van der Waals surface area contributed by atoms with Gasteiger partial charge in [-0.3, -0.25) is 0 Å². The molecular formula is C10H21F2NO2. The van der Waals surface area contributed by atoms with Crippen molar-refractivity contribution >= 4 is 0 Å². The minimum absolute atomic E-state index is 0.175. The first-order valence-electron chi connectivity index (χ1n) is 5.35. The van der Waals surface area contributed by atoms with Crippen molar-refractivity contribution in [3.8, 4) is 0 Å². The molecule has 1 unspecified atom stereocenters. The lowest BCUT2D eigenvalue weighted by atomic mass is 10.3. The molecule has 0 saturated heterocycles. The molecule has 0 aromatic carbocycles. The molecule has 3 nitrogen and oxygen atoms in total. The van der Waals surface area contributed by atoms with Crippen molar-refractivity contribution in [2.45, 2.75) is 32.8 Å². The molecular weight excluding hydrogens is 204 g/mol. The van der Waals surface area contributed by atoms with Crippen LogP contribution in [0.2, 0.25) is 0 Å². The highest BCUT2D eigenvalue weighted by atomic mass is 19.3. The van der Waals surface area contributed by atoms with Gasteiger partial charge in [-0.05, 0) is 26.8 Å². The van der Waals surface area contributed by atoms with E-state index in [0.717, 1.165) is 26.2 Å². The van der Waals surface area contributed by atoms with Gasteiger partial charge in [-0.25, -0.2) is 8.78 Å². The molecule has 0 amide bonds. The zero-order valence-corrected chi connectivity index (χ0v) is 9.47. The molecule has 15 heavy (non-hydrogen) atoms. The summed E-state index contributed by atoms with van der Waals surface area (Å²) in [4.78, 5) is 0. The molecule has 0 fully saturated rings. The van der Waals surface area contributed by atoms with Gasteiger partial charge in [0.05, 0.1) is 6.10 Å². The van der Waals surface area contributed by atoms with Gasteiger partial charge in [-0.2, -0.15) is 0 Å². The number of hydrogen-bond donors (Lipinski definition) is 1. The third kappa shape index (κ3) is 11.7. The predicted molar refractivity (Wildman–Crippen MR) is 55.4 cm³/mol. The van der Waals surface area contributed by atoms with Gasteiger partial charge in [0.1, 0.15) is 6.61 Å². The maximum atomic E-state index is 11.8. The third-order valence-corrected chi connectivity index (χ3v) is 1.78. The molecule has 0 radical (unpaired) electrons. The first kappa shape index (κ1) is 14.7. The number of nitrogens with one attached hydrogen (secondary N) is 1. The summed E-state index contributed by atoms with van der Waals surface area (Å²) in [5.74, 6) is 0. The summed E-state index contributed by atoms with van der Waals surface area (Å²) in [7, 11) is 0. The fourth-order valence-electron chi connectivity index (χ4n) is 1.04. The fraction of sp³-hybridized carbons (Fsp3) is 1.00. The van der Waals surface area contributed by atoms with Crippen LogP contribution in [0.4, 0.5) is 8.78 Å².